The molecular formula is C20H25N3O3S. The summed E-state index contributed by atoms with van der Waals surface area (Å²) in [5.74, 6) is 0.449. The van der Waals surface area contributed by atoms with E-state index < -0.39 is 10.0 Å². The Morgan fingerprint density at radius 3 is 2.63 bits per heavy atom. The van der Waals surface area contributed by atoms with Crippen molar-refractivity contribution in [1.29, 1.82) is 0 Å². The van der Waals surface area contributed by atoms with Crippen LogP contribution in [0.25, 0.3) is 0 Å². The Morgan fingerprint density at radius 2 is 1.93 bits per heavy atom. The molecule has 3 N–H and O–H groups in total. The SMILES string of the molecule is Cc1ccc(NC(=O)CCC2CCNC2)cc1S(=O)(=O)Nc1ccccc1. The van der Waals surface area contributed by atoms with E-state index in [0.29, 0.717) is 29.3 Å². The van der Waals surface area contributed by atoms with Crippen molar-refractivity contribution in [2.75, 3.05) is 23.1 Å². The fraction of sp³-hybridized carbons (Fsp3) is 0.350. The number of sulfonamides is 1. The minimum Gasteiger partial charge on any atom is -0.326 e. The molecule has 3 rings (SSSR count). The maximum Gasteiger partial charge on any atom is 0.262 e. The average Bonchev–Trinajstić information content (AvgIpc) is 3.15. The minimum absolute atomic E-state index is 0.0925. The number of benzene rings is 2. The highest BCUT2D eigenvalue weighted by Crippen LogP contribution is 2.23. The van der Waals surface area contributed by atoms with Crippen LogP contribution < -0.4 is 15.4 Å². The molecule has 7 heteroatoms. The summed E-state index contributed by atoms with van der Waals surface area (Å²) in [5, 5.41) is 6.11. The van der Waals surface area contributed by atoms with Gasteiger partial charge in [-0.25, -0.2) is 8.42 Å². The number of hydrogen-bond donors (Lipinski definition) is 3. The molecule has 1 fully saturated rings. The van der Waals surface area contributed by atoms with Gasteiger partial charge in [-0.3, -0.25) is 9.52 Å². The van der Waals surface area contributed by atoms with Gasteiger partial charge in [0.25, 0.3) is 10.0 Å². The Hall–Kier alpha value is -2.38. The quantitative estimate of drug-likeness (QED) is 0.681. The first-order chi connectivity index (χ1) is 12.9. The van der Waals surface area contributed by atoms with Gasteiger partial charge >= 0.3 is 0 Å². The molecular weight excluding hydrogens is 362 g/mol. The molecule has 27 heavy (non-hydrogen) atoms. The summed E-state index contributed by atoms with van der Waals surface area (Å²) in [7, 11) is -3.74. The maximum absolute atomic E-state index is 12.7. The van der Waals surface area contributed by atoms with E-state index in [-0.39, 0.29) is 10.8 Å². The van der Waals surface area contributed by atoms with Crippen LogP contribution in [0.4, 0.5) is 11.4 Å². The molecule has 144 valence electrons. The van der Waals surface area contributed by atoms with Crippen molar-refractivity contribution >= 4 is 27.3 Å². The molecule has 1 saturated heterocycles. The van der Waals surface area contributed by atoms with E-state index in [2.05, 4.69) is 15.4 Å². The van der Waals surface area contributed by atoms with E-state index in [9.17, 15) is 13.2 Å². The van der Waals surface area contributed by atoms with Crippen LogP contribution in [-0.2, 0) is 14.8 Å². The first-order valence-electron chi connectivity index (χ1n) is 9.13. The van der Waals surface area contributed by atoms with Crippen LogP contribution in [-0.4, -0.2) is 27.4 Å². The van der Waals surface area contributed by atoms with Crippen LogP contribution in [0.2, 0.25) is 0 Å². The van der Waals surface area contributed by atoms with Crippen LogP contribution in [0.3, 0.4) is 0 Å². The van der Waals surface area contributed by atoms with Gasteiger partial charge in [-0.1, -0.05) is 24.3 Å². The molecule has 1 heterocycles. The molecule has 1 aliphatic heterocycles. The van der Waals surface area contributed by atoms with Crippen LogP contribution in [0.5, 0.6) is 0 Å². The summed E-state index contributed by atoms with van der Waals surface area (Å²) < 4.78 is 28.0. The van der Waals surface area contributed by atoms with Crippen LogP contribution in [0, 0.1) is 12.8 Å². The number of aryl methyl sites for hydroxylation is 1. The van der Waals surface area contributed by atoms with Gasteiger partial charge in [-0.05, 0) is 68.6 Å². The predicted molar refractivity (Wildman–Crippen MR) is 107 cm³/mol. The van der Waals surface area contributed by atoms with Crippen LogP contribution in [0.15, 0.2) is 53.4 Å². The van der Waals surface area contributed by atoms with Crippen molar-refractivity contribution in [3.8, 4) is 0 Å². The van der Waals surface area contributed by atoms with E-state index in [4.69, 9.17) is 0 Å². The molecule has 0 radical (unpaired) electrons. The van der Waals surface area contributed by atoms with Gasteiger partial charge in [0.2, 0.25) is 5.91 Å². The van der Waals surface area contributed by atoms with Crippen molar-refractivity contribution in [3.05, 3.63) is 54.1 Å². The zero-order chi connectivity index (χ0) is 19.3. The maximum atomic E-state index is 12.7. The summed E-state index contributed by atoms with van der Waals surface area (Å²) >= 11 is 0. The van der Waals surface area contributed by atoms with Crippen molar-refractivity contribution < 1.29 is 13.2 Å². The second kappa shape index (κ2) is 8.54. The van der Waals surface area contributed by atoms with Crippen molar-refractivity contribution in [2.45, 2.75) is 31.1 Å². The molecule has 2 aromatic carbocycles. The number of carbonyl (C=O) groups excluding carboxylic acids is 1. The third-order valence-electron chi connectivity index (χ3n) is 4.73. The lowest BCUT2D eigenvalue weighted by Gasteiger charge is -2.13. The molecule has 0 aromatic heterocycles. The summed E-state index contributed by atoms with van der Waals surface area (Å²) in [4.78, 5) is 12.4. The second-order valence-electron chi connectivity index (χ2n) is 6.90. The number of para-hydroxylation sites is 1. The van der Waals surface area contributed by atoms with Crippen molar-refractivity contribution in [1.82, 2.24) is 5.32 Å². The molecule has 6 nitrogen and oxygen atoms in total. The summed E-state index contributed by atoms with van der Waals surface area (Å²) in [6.07, 6.45) is 2.38. The molecule has 1 atom stereocenters. The van der Waals surface area contributed by atoms with E-state index in [1.807, 2.05) is 6.07 Å². The average molecular weight is 388 g/mol. The number of anilines is 2. The summed E-state index contributed by atoms with van der Waals surface area (Å²) in [6, 6.07) is 13.7. The first-order valence-corrected chi connectivity index (χ1v) is 10.6. The molecule has 1 aliphatic rings. The fourth-order valence-corrected chi connectivity index (χ4v) is 4.53. The van der Waals surface area contributed by atoms with Gasteiger partial charge in [0, 0.05) is 17.8 Å². The van der Waals surface area contributed by atoms with Gasteiger partial charge < -0.3 is 10.6 Å². The lowest BCUT2D eigenvalue weighted by molar-refractivity contribution is -0.116. The molecule has 0 bridgehead atoms. The Kier molecular flexibility index (Phi) is 6.13. The number of carbonyl (C=O) groups is 1. The van der Waals surface area contributed by atoms with Gasteiger partial charge in [0.05, 0.1) is 4.90 Å². The molecule has 2 aromatic rings. The van der Waals surface area contributed by atoms with E-state index in [1.165, 1.54) is 6.07 Å². The van der Waals surface area contributed by atoms with E-state index in [0.717, 1.165) is 25.9 Å². The second-order valence-corrected chi connectivity index (χ2v) is 8.55. The Bertz CT molecular complexity index is 892. The number of amides is 1. The Labute approximate surface area is 160 Å². The van der Waals surface area contributed by atoms with Gasteiger partial charge in [0.1, 0.15) is 0 Å². The molecule has 0 aliphatic carbocycles. The molecule has 1 amide bonds. The van der Waals surface area contributed by atoms with Crippen molar-refractivity contribution in [3.63, 3.8) is 0 Å². The third kappa shape index (κ3) is 5.30. The van der Waals surface area contributed by atoms with E-state index >= 15 is 0 Å². The largest absolute Gasteiger partial charge is 0.326 e. The summed E-state index contributed by atoms with van der Waals surface area (Å²) in [5.41, 5.74) is 1.61. The third-order valence-corrected chi connectivity index (χ3v) is 6.25. The number of hydrogen-bond acceptors (Lipinski definition) is 4. The topological polar surface area (TPSA) is 87.3 Å². The summed E-state index contributed by atoms with van der Waals surface area (Å²) in [6.45, 7) is 3.71. The minimum atomic E-state index is -3.74. The molecule has 0 spiro atoms. The first kappa shape index (κ1) is 19.4. The number of rotatable bonds is 7. The zero-order valence-corrected chi connectivity index (χ0v) is 16.2. The fourth-order valence-electron chi connectivity index (χ4n) is 3.20. The molecule has 1 unspecified atom stereocenters. The predicted octanol–water partition coefficient (Wildman–Crippen LogP) is 3.12. The van der Waals surface area contributed by atoms with Gasteiger partial charge in [0.15, 0.2) is 0 Å². The van der Waals surface area contributed by atoms with Crippen molar-refractivity contribution in [2.24, 2.45) is 5.92 Å². The lowest BCUT2D eigenvalue weighted by atomic mass is 10.0. The highest BCUT2D eigenvalue weighted by molar-refractivity contribution is 7.92. The highest BCUT2D eigenvalue weighted by Gasteiger charge is 2.19. The smallest absolute Gasteiger partial charge is 0.262 e. The normalized spacial score (nSPS) is 16.9. The molecule has 0 saturated carbocycles. The van der Waals surface area contributed by atoms with Gasteiger partial charge in [-0.15, -0.1) is 0 Å². The lowest BCUT2D eigenvalue weighted by Crippen LogP contribution is -2.17. The highest BCUT2D eigenvalue weighted by atomic mass is 32.2. The number of nitrogens with one attached hydrogen (secondary N) is 3. The zero-order valence-electron chi connectivity index (χ0n) is 15.4. The van der Waals surface area contributed by atoms with E-state index in [1.54, 1.807) is 43.3 Å². The van der Waals surface area contributed by atoms with Crippen LogP contribution >= 0.6 is 0 Å². The monoisotopic (exact) mass is 387 g/mol. The Balaban J connectivity index is 1.68. The van der Waals surface area contributed by atoms with Gasteiger partial charge in [-0.2, -0.15) is 0 Å². The standard InChI is InChI=1S/C20H25N3O3S/c1-15-7-9-18(22-20(24)10-8-16-11-12-21-14-16)13-19(15)27(25,26)23-17-5-3-2-4-6-17/h2-7,9,13,16,21,23H,8,10-12,14H2,1H3,(H,22,24). The van der Waals surface area contributed by atoms with Crippen LogP contribution in [0.1, 0.15) is 24.8 Å². The Morgan fingerprint density at radius 1 is 1.15 bits per heavy atom.